The number of rotatable bonds is 5. The van der Waals surface area contributed by atoms with Crippen LogP contribution in [-0.4, -0.2) is 25.8 Å². The van der Waals surface area contributed by atoms with Crippen LogP contribution >= 0.6 is 0 Å². The third-order valence-corrected chi connectivity index (χ3v) is 4.57. The van der Waals surface area contributed by atoms with E-state index in [-0.39, 0.29) is 0 Å². The minimum Gasteiger partial charge on any atom is -0.378 e. The first-order valence-corrected chi connectivity index (χ1v) is 7.67. The van der Waals surface area contributed by atoms with Crippen LogP contribution in [0, 0.1) is 5.92 Å². The fourth-order valence-electron chi connectivity index (χ4n) is 3.47. The molecule has 1 saturated carbocycles. The van der Waals surface area contributed by atoms with Crippen molar-refractivity contribution in [3.63, 3.8) is 0 Å². The monoisotopic (exact) mass is 239 g/mol. The summed E-state index contributed by atoms with van der Waals surface area (Å²) >= 11 is 0. The quantitative estimate of drug-likeness (QED) is 0.793. The van der Waals surface area contributed by atoms with Crippen LogP contribution in [-0.2, 0) is 4.74 Å². The van der Waals surface area contributed by atoms with E-state index in [1.807, 2.05) is 0 Å². The number of nitrogens with one attached hydrogen (secondary N) is 1. The molecule has 0 aromatic rings. The van der Waals surface area contributed by atoms with Crippen LogP contribution < -0.4 is 5.32 Å². The van der Waals surface area contributed by atoms with Gasteiger partial charge in [0.2, 0.25) is 0 Å². The summed E-state index contributed by atoms with van der Waals surface area (Å²) in [4.78, 5) is 0. The highest BCUT2D eigenvalue weighted by molar-refractivity contribution is 4.77. The van der Waals surface area contributed by atoms with Crippen molar-refractivity contribution in [3.05, 3.63) is 0 Å². The summed E-state index contributed by atoms with van der Waals surface area (Å²) in [7, 11) is 2.12. The van der Waals surface area contributed by atoms with Crippen molar-refractivity contribution < 1.29 is 4.74 Å². The van der Waals surface area contributed by atoms with E-state index in [0.29, 0.717) is 12.1 Å². The van der Waals surface area contributed by atoms with Crippen LogP contribution in [0.15, 0.2) is 0 Å². The Hall–Kier alpha value is -0.0800. The Bertz CT molecular complexity index is 175. The zero-order valence-corrected chi connectivity index (χ0v) is 11.4. The first-order valence-electron chi connectivity index (χ1n) is 7.67. The van der Waals surface area contributed by atoms with Gasteiger partial charge in [0, 0.05) is 12.6 Å². The average molecular weight is 239 g/mol. The number of ether oxygens (including phenoxy) is 1. The van der Waals surface area contributed by atoms with Gasteiger partial charge in [-0.15, -0.1) is 0 Å². The molecule has 1 aliphatic carbocycles. The number of hydrogen-bond donors (Lipinski definition) is 1. The largest absolute Gasteiger partial charge is 0.378 e. The summed E-state index contributed by atoms with van der Waals surface area (Å²) < 4.78 is 5.86. The summed E-state index contributed by atoms with van der Waals surface area (Å²) in [5, 5.41) is 3.52. The maximum absolute atomic E-state index is 5.86. The molecule has 0 radical (unpaired) electrons. The Kier molecular flexibility index (Phi) is 5.79. The van der Waals surface area contributed by atoms with E-state index in [4.69, 9.17) is 4.74 Å². The standard InChI is InChI=1S/C15H29NO/c1-16-14(11-13-7-3-2-4-8-13)12-15-9-5-6-10-17-15/h13-16H,2-12H2,1H3. The summed E-state index contributed by atoms with van der Waals surface area (Å²) in [5.74, 6) is 0.977. The topological polar surface area (TPSA) is 21.3 Å². The molecular formula is C15H29NO. The van der Waals surface area contributed by atoms with Gasteiger partial charge in [0.15, 0.2) is 0 Å². The highest BCUT2D eigenvalue weighted by Gasteiger charge is 2.22. The summed E-state index contributed by atoms with van der Waals surface area (Å²) in [6, 6.07) is 0.682. The van der Waals surface area contributed by atoms with Crippen LogP contribution in [0.4, 0.5) is 0 Å². The smallest absolute Gasteiger partial charge is 0.0590 e. The van der Waals surface area contributed by atoms with Gasteiger partial charge in [-0.3, -0.25) is 0 Å². The molecule has 2 atom stereocenters. The molecular weight excluding hydrogens is 210 g/mol. The zero-order valence-electron chi connectivity index (χ0n) is 11.4. The molecule has 2 heteroatoms. The number of hydrogen-bond acceptors (Lipinski definition) is 2. The lowest BCUT2D eigenvalue weighted by molar-refractivity contribution is 0.00384. The van der Waals surface area contributed by atoms with Gasteiger partial charge >= 0.3 is 0 Å². The lowest BCUT2D eigenvalue weighted by Crippen LogP contribution is -2.34. The molecule has 2 aliphatic rings. The second-order valence-corrected chi connectivity index (χ2v) is 5.95. The lowest BCUT2D eigenvalue weighted by Gasteiger charge is -2.30. The molecule has 0 aromatic carbocycles. The van der Waals surface area contributed by atoms with Crippen LogP contribution in [0.2, 0.25) is 0 Å². The Morgan fingerprint density at radius 1 is 1.00 bits per heavy atom. The summed E-state index contributed by atoms with van der Waals surface area (Å²) in [5.41, 5.74) is 0. The van der Waals surface area contributed by atoms with Crippen LogP contribution in [0.3, 0.4) is 0 Å². The van der Waals surface area contributed by atoms with Crippen molar-refractivity contribution in [2.24, 2.45) is 5.92 Å². The normalized spacial score (nSPS) is 29.1. The molecule has 1 aliphatic heterocycles. The Morgan fingerprint density at radius 3 is 2.41 bits per heavy atom. The minimum absolute atomic E-state index is 0.532. The van der Waals surface area contributed by atoms with E-state index < -0.39 is 0 Å². The maximum atomic E-state index is 5.86. The molecule has 1 N–H and O–H groups in total. The average Bonchev–Trinajstić information content (AvgIpc) is 2.40. The molecule has 0 bridgehead atoms. The molecule has 2 nitrogen and oxygen atoms in total. The Labute approximate surface area is 107 Å². The van der Waals surface area contributed by atoms with E-state index in [2.05, 4.69) is 12.4 Å². The fourth-order valence-corrected chi connectivity index (χ4v) is 3.47. The fraction of sp³-hybridized carbons (Fsp3) is 1.00. The van der Waals surface area contributed by atoms with Crippen LogP contribution in [0.25, 0.3) is 0 Å². The van der Waals surface area contributed by atoms with Crippen molar-refractivity contribution >= 4 is 0 Å². The van der Waals surface area contributed by atoms with Gasteiger partial charge in [-0.05, 0) is 45.1 Å². The van der Waals surface area contributed by atoms with Gasteiger partial charge in [-0.2, -0.15) is 0 Å². The van der Waals surface area contributed by atoms with Gasteiger partial charge in [-0.25, -0.2) is 0 Å². The molecule has 0 aromatic heterocycles. The van der Waals surface area contributed by atoms with Gasteiger partial charge in [0.05, 0.1) is 6.10 Å². The molecule has 1 heterocycles. The van der Waals surface area contributed by atoms with Gasteiger partial charge < -0.3 is 10.1 Å². The third-order valence-electron chi connectivity index (χ3n) is 4.57. The third kappa shape index (κ3) is 4.59. The summed E-state index contributed by atoms with van der Waals surface area (Å²) in [6.45, 7) is 0.991. The predicted molar refractivity (Wildman–Crippen MR) is 72.2 cm³/mol. The molecule has 2 rings (SSSR count). The van der Waals surface area contributed by atoms with Crippen molar-refractivity contribution in [1.82, 2.24) is 5.32 Å². The van der Waals surface area contributed by atoms with Crippen LogP contribution in [0.5, 0.6) is 0 Å². The van der Waals surface area contributed by atoms with E-state index in [9.17, 15) is 0 Å². The Balaban J connectivity index is 1.71. The first-order chi connectivity index (χ1) is 8.38. The highest BCUT2D eigenvalue weighted by Crippen LogP contribution is 2.29. The van der Waals surface area contributed by atoms with E-state index in [0.717, 1.165) is 12.5 Å². The van der Waals surface area contributed by atoms with Gasteiger partial charge in [0.1, 0.15) is 0 Å². The second kappa shape index (κ2) is 7.38. The molecule has 2 fully saturated rings. The van der Waals surface area contributed by atoms with Gasteiger partial charge in [-0.1, -0.05) is 32.1 Å². The lowest BCUT2D eigenvalue weighted by atomic mass is 9.83. The van der Waals surface area contributed by atoms with Crippen molar-refractivity contribution in [3.8, 4) is 0 Å². The van der Waals surface area contributed by atoms with E-state index in [1.54, 1.807) is 0 Å². The van der Waals surface area contributed by atoms with E-state index in [1.165, 1.54) is 64.2 Å². The zero-order chi connectivity index (χ0) is 11.9. The predicted octanol–water partition coefficient (Wildman–Crippen LogP) is 3.50. The molecule has 2 unspecified atom stereocenters. The SMILES string of the molecule is CNC(CC1CCCCC1)CC1CCCCO1. The maximum Gasteiger partial charge on any atom is 0.0590 e. The van der Waals surface area contributed by atoms with Crippen LogP contribution in [0.1, 0.15) is 64.2 Å². The molecule has 0 spiro atoms. The second-order valence-electron chi connectivity index (χ2n) is 5.95. The van der Waals surface area contributed by atoms with E-state index >= 15 is 0 Å². The van der Waals surface area contributed by atoms with Crippen molar-refractivity contribution in [2.75, 3.05) is 13.7 Å². The van der Waals surface area contributed by atoms with Crippen molar-refractivity contribution in [1.29, 1.82) is 0 Å². The minimum atomic E-state index is 0.532. The molecule has 1 saturated heterocycles. The Morgan fingerprint density at radius 2 is 1.76 bits per heavy atom. The highest BCUT2D eigenvalue weighted by atomic mass is 16.5. The summed E-state index contributed by atoms with van der Waals surface area (Å²) in [6.07, 6.45) is 14.4. The molecule has 0 amide bonds. The molecule has 100 valence electrons. The van der Waals surface area contributed by atoms with Gasteiger partial charge in [0.25, 0.3) is 0 Å². The molecule has 17 heavy (non-hydrogen) atoms. The van der Waals surface area contributed by atoms with Crippen molar-refractivity contribution in [2.45, 2.75) is 76.4 Å². The first kappa shape index (κ1) is 13.4.